The molecule has 1 aromatic heterocycles. The number of hydrogen-bond donors (Lipinski definition) is 2. The van der Waals surface area contributed by atoms with Crippen LogP contribution in [0.4, 0.5) is 5.95 Å². The molecule has 0 aliphatic carbocycles. The van der Waals surface area contributed by atoms with E-state index in [1.807, 2.05) is 6.07 Å². The maximum Gasteiger partial charge on any atom is 0.240 e. The quantitative estimate of drug-likeness (QED) is 0.673. The zero-order valence-electron chi connectivity index (χ0n) is 8.52. The van der Waals surface area contributed by atoms with Crippen LogP contribution in [0, 0.1) is 0 Å². The molecule has 0 aliphatic rings. The molecule has 17 heavy (non-hydrogen) atoms. The molecule has 5 nitrogen and oxygen atoms in total. The average molecular weight is 316 g/mol. The lowest BCUT2D eigenvalue weighted by atomic mass is 10.3. The Kier molecular flexibility index (Phi) is 3.78. The van der Waals surface area contributed by atoms with Gasteiger partial charge in [-0.25, -0.2) is 10.8 Å². The van der Waals surface area contributed by atoms with Gasteiger partial charge in [-0.05, 0) is 18.2 Å². The molecule has 0 fully saturated rings. The monoisotopic (exact) mass is 314 g/mol. The third-order valence-electron chi connectivity index (χ3n) is 1.87. The van der Waals surface area contributed by atoms with Gasteiger partial charge in [0.1, 0.15) is 5.75 Å². The summed E-state index contributed by atoms with van der Waals surface area (Å²) in [5, 5.41) is 0.495. The average Bonchev–Trinajstić information content (AvgIpc) is 2.34. The SMILES string of the molecule is NNc1nccc(Oc2cc(Br)ccc2Cl)n1. The number of hydrogen-bond acceptors (Lipinski definition) is 5. The molecule has 0 bridgehead atoms. The highest BCUT2D eigenvalue weighted by atomic mass is 79.9. The third kappa shape index (κ3) is 3.06. The number of rotatable bonds is 3. The van der Waals surface area contributed by atoms with Crippen LogP contribution in [-0.2, 0) is 0 Å². The summed E-state index contributed by atoms with van der Waals surface area (Å²) in [6.45, 7) is 0. The summed E-state index contributed by atoms with van der Waals surface area (Å²) >= 11 is 9.32. The van der Waals surface area contributed by atoms with E-state index in [-0.39, 0.29) is 5.95 Å². The summed E-state index contributed by atoms with van der Waals surface area (Å²) < 4.78 is 6.39. The van der Waals surface area contributed by atoms with Gasteiger partial charge in [0.2, 0.25) is 11.8 Å². The lowest BCUT2D eigenvalue weighted by Gasteiger charge is -2.07. The first-order chi connectivity index (χ1) is 8.19. The van der Waals surface area contributed by atoms with Crippen LogP contribution in [0.5, 0.6) is 11.6 Å². The van der Waals surface area contributed by atoms with E-state index in [0.717, 1.165) is 4.47 Å². The zero-order valence-corrected chi connectivity index (χ0v) is 10.9. The molecule has 1 aromatic carbocycles. The minimum Gasteiger partial charge on any atom is -0.437 e. The molecule has 0 atom stereocenters. The summed E-state index contributed by atoms with van der Waals surface area (Å²) in [6, 6.07) is 6.91. The molecule has 0 aliphatic heterocycles. The molecular weight excluding hydrogens is 307 g/mol. The summed E-state index contributed by atoms with van der Waals surface area (Å²) in [5.74, 6) is 6.33. The molecule has 7 heteroatoms. The lowest BCUT2D eigenvalue weighted by Crippen LogP contribution is -2.10. The molecule has 1 heterocycles. The fraction of sp³-hybridized carbons (Fsp3) is 0. The highest BCUT2D eigenvalue weighted by molar-refractivity contribution is 9.10. The topological polar surface area (TPSA) is 73.1 Å². The fourth-order valence-corrected chi connectivity index (χ4v) is 1.63. The van der Waals surface area contributed by atoms with Gasteiger partial charge < -0.3 is 4.74 Å². The maximum absolute atomic E-state index is 5.99. The number of nitrogens with zero attached hydrogens (tertiary/aromatic N) is 2. The highest BCUT2D eigenvalue weighted by Gasteiger charge is 2.05. The number of aromatic nitrogens is 2. The van der Waals surface area contributed by atoms with Crippen molar-refractivity contribution in [1.29, 1.82) is 0 Å². The molecule has 0 radical (unpaired) electrons. The van der Waals surface area contributed by atoms with Crippen molar-refractivity contribution >= 4 is 33.5 Å². The highest BCUT2D eigenvalue weighted by Crippen LogP contribution is 2.31. The van der Waals surface area contributed by atoms with Crippen LogP contribution >= 0.6 is 27.5 Å². The van der Waals surface area contributed by atoms with E-state index in [2.05, 4.69) is 31.3 Å². The van der Waals surface area contributed by atoms with E-state index in [1.54, 1.807) is 18.2 Å². The minimum absolute atomic E-state index is 0.272. The number of nitrogens with two attached hydrogens (primary N) is 1. The first-order valence-corrected chi connectivity index (χ1v) is 5.78. The second-order valence-electron chi connectivity index (χ2n) is 3.04. The molecule has 2 aromatic rings. The fourth-order valence-electron chi connectivity index (χ4n) is 1.14. The number of benzene rings is 1. The van der Waals surface area contributed by atoms with E-state index < -0.39 is 0 Å². The molecule has 0 amide bonds. The van der Waals surface area contributed by atoms with Crippen LogP contribution in [0.2, 0.25) is 5.02 Å². The lowest BCUT2D eigenvalue weighted by molar-refractivity contribution is 0.462. The van der Waals surface area contributed by atoms with Crippen molar-refractivity contribution in [3.05, 3.63) is 40.0 Å². The van der Waals surface area contributed by atoms with Gasteiger partial charge in [0.25, 0.3) is 0 Å². The van der Waals surface area contributed by atoms with Gasteiger partial charge in [-0.2, -0.15) is 4.98 Å². The van der Waals surface area contributed by atoms with Crippen molar-refractivity contribution < 1.29 is 4.74 Å². The Morgan fingerprint density at radius 1 is 1.35 bits per heavy atom. The Morgan fingerprint density at radius 2 is 2.18 bits per heavy atom. The largest absolute Gasteiger partial charge is 0.437 e. The Bertz CT molecular complexity index is 537. The van der Waals surface area contributed by atoms with Crippen molar-refractivity contribution in [2.45, 2.75) is 0 Å². The second kappa shape index (κ2) is 5.31. The number of ether oxygens (including phenoxy) is 1. The summed E-state index contributed by atoms with van der Waals surface area (Å²) in [7, 11) is 0. The van der Waals surface area contributed by atoms with Gasteiger partial charge >= 0.3 is 0 Å². The van der Waals surface area contributed by atoms with E-state index in [0.29, 0.717) is 16.7 Å². The zero-order chi connectivity index (χ0) is 12.3. The first kappa shape index (κ1) is 12.1. The number of nitrogens with one attached hydrogen (secondary N) is 1. The van der Waals surface area contributed by atoms with Gasteiger partial charge in [0.05, 0.1) is 5.02 Å². The van der Waals surface area contributed by atoms with E-state index >= 15 is 0 Å². The number of anilines is 1. The van der Waals surface area contributed by atoms with E-state index in [1.165, 1.54) is 6.20 Å². The molecule has 3 N–H and O–H groups in total. The Hall–Kier alpha value is -1.37. The van der Waals surface area contributed by atoms with Crippen LogP contribution in [0.15, 0.2) is 34.9 Å². The van der Waals surface area contributed by atoms with Crippen molar-refractivity contribution in [3.63, 3.8) is 0 Å². The maximum atomic E-state index is 5.99. The molecule has 0 spiro atoms. The predicted molar refractivity (Wildman–Crippen MR) is 69.1 cm³/mol. The summed E-state index contributed by atoms with van der Waals surface area (Å²) in [4.78, 5) is 7.88. The third-order valence-corrected chi connectivity index (χ3v) is 2.67. The van der Waals surface area contributed by atoms with Gasteiger partial charge in [0, 0.05) is 16.7 Å². The molecule has 2 rings (SSSR count). The number of halogens is 2. The van der Waals surface area contributed by atoms with E-state index in [4.69, 9.17) is 22.2 Å². The van der Waals surface area contributed by atoms with Gasteiger partial charge in [-0.3, -0.25) is 5.43 Å². The molecule has 0 saturated carbocycles. The minimum atomic E-state index is 0.272. The van der Waals surface area contributed by atoms with Crippen molar-refractivity contribution in [1.82, 2.24) is 9.97 Å². The van der Waals surface area contributed by atoms with Crippen LogP contribution in [0.3, 0.4) is 0 Å². The van der Waals surface area contributed by atoms with Crippen molar-refractivity contribution in [2.24, 2.45) is 5.84 Å². The van der Waals surface area contributed by atoms with Crippen molar-refractivity contribution in [3.8, 4) is 11.6 Å². The number of hydrazine groups is 1. The molecular formula is C10H8BrClN4O. The van der Waals surface area contributed by atoms with Gasteiger partial charge in [0.15, 0.2) is 0 Å². The van der Waals surface area contributed by atoms with Crippen molar-refractivity contribution in [2.75, 3.05) is 5.43 Å². The van der Waals surface area contributed by atoms with Gasteiger partial charge in [-0.15, -0.1) is 0 Å². The van der Waals surface area contributed by atoms with Crippen LogP contribution in [-0.4, -0.2) is 9.97 Å². The number of nitrogen functional groups attached to an aromatic ring is 1. The summed E-state index contributed by atoms with van der Waals surface area (Å²) in [5.41, 5.74) is 2.33. The van der Waals surface area contributed by atoms with Crippen LogP contribution in [0.1, 0.15) is 0 Å². The smallest absolute Gasteiger partial charge is 0.240 e. The first-order valence-electron chi connectivity index (χ1n) is 4.61. The molecule has 88 valence electrons. The normalized spacial score (nSPS) is 10.1. The van der Waals surface area contributed by atoms with Crippen LogP contribution < -0.4 is 16.0 Å². The molecule has 0 unspecified atom stereocenters. The van der Waals surface area contributed by atoms with Crippen LogP contribution in [0.25, 0.3) is 0 Å². The Labute approximate surface area is 111 Å². The molecule has 0 saturated heterocycles. The van der Waals surface area contributed by atoms with E-state index in [9.17, 15) is 0 Å². The second-order valence-corrected chi connectivity index (χ2v) is 4.36. The Morgan fingerprint density at radius 3 is 2.94 bits per heavy atom. The van der Waals surface area contributed by atoms with Gasteiger partial charge in [-0.1, -0.05) is 27.5 Å². The predicted octanol–water partition coefficient (Wildman–Crippen LogP) is 2.97. The Balaban J connectivity index is 2.27. The standard InChI is InChI=1S/C10H8BrClN4O/c11-6-1-2-7(12)8(5-6)17-9-3-4-14-10(15-9)16-13/h1-5H,13H2,(H,14,15,16). The summed E-state index contributed by atoms with van der Waals surface area (Å²) in [6.07, 6.45) is 1.53.